The molecule has 3 aromatic rings. The lowest BCUT2D eigenvalue weighted by Crippen LogP contribution is -2.22. The Morgan fingerprint density at radius 1 is 1.16 bits per heavy atom. The molecule has 1 atom stereocenters. The molecule has 0 bridgehead atoms. The normalized spacial score (nSPS) is 12.7. The van der Waals surface area contributed by atoms with Crippen LogP contribution in [0.1, 0.15) is 46.4 Å². The lowest BCUT2D eigenvalue weighted by atomic mass is 9.93. The smallest absolute Gasteiger partial charge is 0.416 e. The first-order chi connectivity index (χ1) is 14.5. The van der Waals surface area contributed by atoms with E-state index in [1.807, 2.05) is 0 Å². The summed E-state index contributed by atoms with van der Waals surface area (Å²) in [4.78, 5) is 25.3. The number of halogens is 4. The summed E-state index contributed by atoms with van der Waals surface area (Å²) in [7, 11) is 1.28. The van der Waals surface area contributed by atoms with Crippen LogP contribution >= 0.6 is 0 Å². The summed E-state index contributed by atoms with van der Waals surface area (Å²) in [5, 5.41) is 0.404. The van der Waals surface area contributed by atoms with Crippen molar-refractivity contribution in [2.24, 2.45) is 5.73 Å². The van der Waals surface area contributed by atoms with Gasteiger partial charge in [-0.05, 0) is 49.2 Å². The second-order valence-corrected chi connectivity index (χ2v) is 7.08. The maximum absolute atomic E-state index is 14.5. The minimum absolute atomic E-state index is 0.0251. The number of hydrogen-bond donors (Lipinski definition) is 1. The van der Waals surface area contributed by atoms with Crippen molar-refractivity contribution in [3.63, 3.8) is 0 Å². The van der Waals surface area contributed by atoms with E-state index in [4.69, 9.17) is 10.5 Å². The quantitative estimate of drug-likeness (QED) is 0.585. The predicted molar refractivity (Wildman–Crippen MR) is 107 cm³/mol. The average Bonchev–Trinajstić information content (AvgIpc) is 2.97. The summed E-state index contributed by atoms with van der Waals surface area (Å²) in [6.07, 6.45) is -4.20. The summed E-state index contributed by atoms with van der Waals surface area (Å²) < 4.78 is 59.2. The van der Waals surface area contributed by atoms with Gasteiger partial charge in [0.2, 0.25) is 5.91 Å². The Bertz CT molecular complexity index is 1160. The van der Waals surface area contributed by atoms with E-state index in [1.54, 1.807) is 13.8 Å². The fourth-order valence-electron chi connectivity index (χ4n) is 3.78. The first kappa shape index (κ1) is 22.3. The van der Waals surface area contributed by atoms with Gasteiger partial charge in [-0.2, -0.15) is 13.2 Å². The highest BCUT2D eigenvalue weighted by molar-refractivity contribution is 6.05. The zero-order chi connectivity index (χ0) is 23.1. The van der Waals surface area contributed by atoms with Crippen LogP contribution in [0.5, 0.6) is 5.75 Å². The minimum Gasteiger partial charge on any atom is -0.494 e. The second kappa shape index (κ2) is 8.05. The highest BCUT2D eigenvalue weighted by Crippen LogP contribution is 2.37. The highest BCUT2D eigenvalue weighted by atomic mass is 19.4. The van der Waals surface area contributed by atoms with E-state index in [0.717, 1.165) is 30.3 Å². The van der Waals surface area contributed by atoms with Gasteiger partial charge < -0.3 is 10.5 Å². The summed E-state index contributed by atoms with van der Waals surface area (Å²) in [6.45, 7) is 3.32. The molecular weight excluding hydrogens is 416 g/mol. The molecule has 1 heterocycles. The van der Waals surface area contributed by atoms with Gasteiger partial charge in [0.15, 0.2) is 11.6 Å². The van der Waals surface area contributed by atoms with Gasteiger partial charge in [-0.1, -0.05) is 6.92 Å². The number of carbonyl (C=O) groups excluding carboxylic acids is 2. The fraction of sp³-hybridized carbons (Fsp3) is 0.273. The SMILES string of the molecule is CCC(C(N)=O)c1c(C)n(C(=O)c2ccc(C(F)(F)F)cc2)c2cc(F)c(OC)cc12. The van der Waals surface area contributed by atoms with Crippen LogP contribution in [-0.2, 0) is 11.0 Å². The number of amides is 1. The summed E-state index contributed by atoms with van der Waals surface area (Å²) in [5.41, 5.74) is 5.59. The Morgan fingerprint density at radius 3 is 2.26 bits per heavy atom. The van der Waals surface area contributed by atoms with Gasteiger partial charge in [0.1, 0.15) is 0 Å². The number of nitrogens with zero attached hydrogens (tertiary/aromatic N) is 1. The maximum Gasteiger partial charge on any atom is 0.416 e. The average molecular weight is 436 g/mol. The Labute approximate surface area is 175 Å². The van der Waals surface area contributed by atoms with Crippen molar-refractivity contribution in [2.75, 3.05) is 7.11 Å². The molecule has 0 aliphatic rings. The number of aromatic nitrogens is 1. The van der Waals surface area contributed by atoms with Crippen molar-refractivity contribution in [1.29, 1.82) is 0 Å². The van der Waals surface area contributed by atoms with Crippen molar-refractivity contribution in [3.05, 3.63) is 64.6 Å². The number of primary amides is 1. The Morgan fingerprint density at radius 2 is 1.77 bits per heavy atom. The molecule has 164 valence electrons. The third kappa shape index (κ3) is 3.87. The number of hydrogen-bond acceptors (Lipinski definition) is 3. The standard InChI is InChI=1S/C22H20F4N2O3/c1-4-14(20(27)29)19-11(2)28(17-10-16(23)18(31-3)9-15(17)19)21(30)12-5-7-13(8-6-12)22(24,25)26/h5-10,14H,4H2,1-3H3,(H2,27,29). The van der Waals surface area contributed by atoms with E-state index in [2.05, 4.69) is 0 Å². The van der Waals surface area contributed by atoms with Crippen molar-refractivity contribution < 1.29 is 31.9 Å². The number of alkyl halides is 3. The number of fused-ring (bicyclic) bond motifs is 1. The van der Waals surface area contributed by atoms with Gasteiger partial charge in [-0.3, -0.25) is 14.2 Å². The van der Waals surface area contributed by atoms with Crippen LogP contribution in [0.4, 0.5) is 17.6 Å². The molecule has 2 aromatic carbocycles. The van der Waals surface area contributed by atoms with Crippen molar-refractivity contribution >= 4 is 22.7 Å². The number of benzene rings is 2. The molecule has 1 unspecified atom stereocenters. The molecule has 5 nitrogen and oxygen atoms in total. The Balaban J connectivity index is 2.27. The van der Waals surface area contributed by atoms with Crippen molar-refractivity contribution in [2.45, 2.75) is 32.4 Å². The van der Waals surface area contributed by atoms with Crippen LogP contribution in [0.2, 0.25) is 0 Å². The highest BCUT2D eigenvalue weighted by Gasteiger charge is 2.31. The van der Waals surface area contributed by atoms with Crippen LogP contribution in [-0.4, -0.2) is 23.5 Å². The lowest BCUT2D eigenvalue weighted by molar-refractivity contribution is -0.137. The first-order valence-electron chi connectivity index (χ1n) is 9.40. The molecule has 0 aliphatic heterocycles. The third-order valence-corrected chi connectivity index (χ3v) is 5.29. The fourth-order valence-corrected chi connectivity index (χ4v) is 3.78. The van der Waals surface area contributed by atoms with Gasteiger partial charge in [0.25, 0.3) is 5.91 Å². The first-order valence-corrected chi connectivity index (χ1v) is 9.40. The van der Waals surface area contributed by atoms with Crippen molar-refractivity contribution in [1.82, 2.24) is 4.57 Å². The topological polar surface area (TPSA) is 74.3 Å². The van der Waals surface area contributed by atoms with Gasteiger partial charge in [-0.15, -0.1) is 0 Å². The van der Waals surface area contributed by atoms with E-state index < -0.39 is 35.3 Å². The molecule has 31 heavy (non-hydrogen) atoms. The zero-order valence-electron chi connectivity index (χ0n) is 17.0. The summed E-state index contributed by atoms with van der Waals surface area (Å²) in [5.74, 6) is -2.83. The van der Waals surface area contributed by atoms with E-state index in [1.165, 1.54) is 17.7 Å². The van der Waals surface area contributed by atoms with Crippen LogP contribution < -0.4 is 10.5 Å². The Hall–Kier alpha value is -3.36. The van der Waals surface area contributed by atoms with E-state index in [-0.39, 0.29) is 16.8 Å². The number of ether oxygens (including phenoxy) is 1. The van der Waals surface area contributed by atoms with Crippen molar-refractivity contribution in [3.8, 4) is 5.75 Å². The van der Waals surface area contributed by atoms with Gasteiger partial charge in [0, 0.05) is 22.7 Å². The molecule has 1 aromatic heterocycles. The van der Waals surface area contributed by atoms with E-state index in [9.17, 15) is 27.2 Å². The summed E-state index contributed by atoms with van der Waals surface area (Å²) >= 11 is 0. The van der Waals surface area contributed by atoms with Crippen LogP contribution in [0.3, 0.4) is 0 Å². The van der Waals surface area contributed by atoms with Gasteiger partial charge in [0.05, 0.1) is 24.1 Å². The molecule has 2 N–H and O–H groups in total. The molecule has 9 heteroatoms. The minimum atomic E-state index is -4.54. The molecule has 1 amide bonds. The van der Waals surface area contributed by atoms with Crippen LogP contribution in [0.15, 0.2) is 36.4 Å². The zero-order valence-corrected chi connectivity index (χ0v) is 17.0. The molecule has 0 saturated carbocycles. The monoisotopic (exact) mass is 436 g/mol. The summed E-state index contributed by atoms with van der Waals surface area (Å²) in [6, 6.07) is 6.20. The van der Waals surface area contributed by atoms with Gasteiger partial charge >= 0.3 is 6.18 Å². The maximum atomic E-state index is 14.5. The lowest BCUT2D eigenvalue weighted by Gasteiger charge is -2.13. The second-order valence-electron chi connectivity index (χ2n) is 7.08. The molecule has 3 rings (SSSR count). The largest absolute Gasteiger partial charge is 0.494 e. The predicted octanol–water partition coefficient (Wildman–Crippen LogP) is 4.78. The molecule has 0 radical (unpaired) electrons. The van der Waals surface area contributed by atoms with E-state index >= 15 is 0 Å². The molecule has 0 fully saturated rings. The third-order valence-electron chi connectivity index (χ3n) is 5.29. The van der Waals surface area contributed by atoms with Crippen LogP contribution in [0.25, 0.3) is 10.9 Å². The number of methoxy groups -OCH3 is 1. The van der Waals surface area contributed by atoms with Gasteiger partial charge in [-0.25, -0.2) is 4.39 Å². The molecular formula is C22H20F4N2O3. The number of rotatable bonds is 5. The van der Waals surface area contributed by atoms with Crippen LogP contribution in [0, 0.1) is 12.7 Å². The number of nitrogens with two attached hydrogens (primary N) is 1. The molecule has 0 saturated heterocycles. The molecule has 0 spiro atoms. The molecule has 0 aliphatic carbocycles. The number of carbonyl (C=O) groups is 2. The van der Waals surface area contributed by atoms with E-state index in [0.29, 0.717) is 23.1 Å². The Kier molecular flexibility index (Phi) is 5.80.